The van der Waals surface area contributed by atoms with Crippen molar-refractivity contribution >= 4 is 17.5 Å². The maximum atomic E-state index is 13.3. The molecule has 136 valence electrons. The fraction of sp³-hybridized carbons (Fsp3) is 0.429. The maximum absolute atomic E-state index is 13.3. The first kappa shape index (κ1) is 17.5. The molecule has 0 radical (unpaired) electrons. The van der Waals surface area contributed by atoms with E-state index in [1.807, 2.05) is 41.4 Å². The number of piperidine rings is 1. The summed E-state index contributed by atoms with van der Waals surface area (Å²) in [5, 5.41) is 0.771. The number of carbonyl (C=O) groups excluding carboxylic acids is 1. The van der Waals surface area contributed by atoms with E-state index in [0.29, 0.717) is 12.5 Å². The molecule has 1 spiro atoms. The molecule has 2 aromatic rings. The smallest absolute Gasteiger partial charge is 0.230 e. The molecule has 26 heavy (non-hydrogen) atoms. The lowest BCUT2D eigenvalue weighted by molar-refractivity contribution is -0.146. The van der Waals surface area contributed by atoms with Gasteiger partial charge in [-0.15, -0.1) is 0 Å². The van der Waals surface area contributed by atoms with Crippen molar-refractivity contribution in [3.63, 3.8) is 0 Å². The molecule has 2 saturated heterocycles. The topological polar surface area (TPSA) is 36.4 Å². The molecular weight excluding hydrogens is 346 g/mol. The highest BCUT2D eigenvalue weighted by Gasteiger charge is 2.48. The van der Waals surface area contributed by atoms with E-state index in [1.165, 1.54) is 5.56 Å². The molecule has 2 fully saturated rings. The van der Waals surface area contributed by atoms with Gasteiger partial charge in [0, 0.05) is 43.6 Å². The Kier molecular flexibility index (Phi) is 4.96. The van der Waals surface area contributed by atoms with Crippen molar-refractivity contribution in [3.05, 3.63) is 64.9 Å². The van der Waals surface area contributed by atoms with Crippen LogP contribution in [-0.4, -0.2) is 40.3 Å². The Morgan fingerprint density at radius 1 is 1.08 bits per heavy atom. The number of likely N-dealkylation sites (tertiary alicyclic amines) is 2. The molecule has 0 unspecified atom stereocenters. The summed E-state index contributed by atoms with van der Waals surface area (Å²) < 4.78 is 0. The van der Waals surface area contributed by atoms with Gasteiger partial charge >= 0.3 is 0 Å². The minimum atomic E-state index is -0.209. The fourth-order valence-corrected chi connectivity index (χ4v) is 4.59. The quantitative estimate of drug-likeness (QED) is 0.823. The van der Waals surface area contributed by atoms with Crippen LogP contribution in [0.2, 0.25) is 5.02 Å². The first-order valence-corrected chi connectivity index (χ1v) is 9.68. The molecule has 1 aromatic carbocycles. The molecule has 3 heterocycles. The highest BCUT2D eigenvalue weighted by Crippen LogP contribution is 2.41. The molecule has 1 amide bonds. The molecule has 1 aromatic heterocycles. The number of hydrogen-bond donors (Lipinski definition) is 0. The largest absolute Gasteiger partial charge is 0.338 e. The van der Waals surface area contributed by atoms with Crippen LogP contribution in [0, 0.1) is 5.41 Å². The number of benzene rings is 1. The minimum Gasteiger partial charge on any atom is -0.338 e. The van der Waals surface area contributed by atoms with Gasteiger partial charge in [0.05, 0.1) is 5.41 Å². The van der Waals surface area contributed by atoms with E-state index in [0.717, 1.165) is 56.0 Å². The number of amides is 1. The summed E-state index contributed by atoms with van der Waals surface area (Å²) in [7, 11) is 0. The van der Waals surface area contributed by atoms with E-state index >= 15 is 0 Å². The second-order valence-electron chi connectivity index (χ2n) is 7.56. The predicted molar refractivity (Wildman–Crippen MR) is 103 cm³/mol. The third kappa shape index (κ3) is 3.62. The van der Waals surface area contributed by atoms with Crippen molar-refractivity contribution in [1.29, 1.82) is 0 Å². The van der Waals surface area contributed by atoms with Crippen LogP contribution < -0.4 is 0 Å². The summed E-state index contributed by atoms with van der Waals surface area (Å²) in [6.45, 7) is 4.20. The molecule has 2 aliphatic rings. The zero-order valence-corrected chi connectivity index (χ0v) is 15.7. The summed E-state index contributed by atoms with van der Waals surface area (Å²) in [4.78, 5) is 21.9. The van der Waals surface area contributed by atoms with Gasteiger partial charge in [-0.25, -0.2) is 0 Å². The predicted octanol–water partition coefficient (Wildman–Crippen LogP) is 3.75. The van der Waals surface area contributed by atoms with E-state index in [-0.39, 0.29) is 5.41 Å². The molecule has 4 rings (SSSR count). The Morgan fingerprint density at radius 3 is 2.77 bits per heavy atom. The zero-order chi connectivity index (χ0) is 18.0. The third-order valence-electron chi connectivity index (χ3n) is 5.65. The second-order valence-corrected chi connectivity index (χ2v) is 8.00. The number of nitrogens with zero attached hydrogens (tertiary/aromatic N) is 3. The van der Waals surface area contributed by atoms with Gasteiger partial charge in [-0.2, -0.15) is 0 Å². The van der Waals surface area contributed by atoms with Gasteiger partial charge in [-0.1, -0.05) is 29.8 Å². The highest BCUT2D eigenvalue weighted by atomic mass is 35.5. The number of hydrogen-bond acceptors (Lipinski definition) is 3. The van der Waals surface area contributed by atoms with Crippen LogP contribution in [0.3, 0.4) is 0 Å². The van der Waals surface area contributed by atoms with E-state index in [2.05, 4.69) is 16.0 Å². The summed E-state index contributed by atoms with van der Waals surface area (Å²) in [6.07, 6.45) is 6.66. The van der Waals surface area contributed by atoms with Crippen molar-refractivity contribution in [2.24, 2.45) is 5.41 Å². The van der Waals surface area contributed by atoms with Crippen molar-refractivity contribution in [2.45, 2.75) is 32.4 Å². The average molecular weight is 370 g/mol. The van der Waals surface area contributed by atoms with Gasteiger partial charge in [0.2, 0.25) is 5.91 Å². The Labute approximate surface area is 159 Å². The fourth-order valence-electron chi connectivity index (χ4n) is 4.38. The molecule has 5 heteroatoms. The van der Waals surface area contributed by atoms with E-state index in [9.17, 15) is 4.79 Å². The van der Waals surface area contributed by atoms with Crippen molar-refractivity contribution in [2.75, 3.05) is 19.6 Å². The Balaban J connectivity index is 1.44. The van der Waals surface area contributed by atoms with Crippen LogP contribution in [0.25, 0.3) is 0 Å². The van der Waals surface area contributed by atoms with E-state index in [4.69, 9.17) is 11.6 Å². The molecule has 4 nitrogen and oxygen atoms in total. The zero-order valence-electron chi connectivity index (χ0n) is 14.9. The van der Waals surface area contributed by atoms with Crippen LogP contribution in [0.4, 0.5) is 0 Å². The highest BCUT2D eigenvalue weighted by molar-refractivity contribution is 6.30. The first-order chi connectivity index (χ1) is 12.6. The molecule has 1 atom stereocenters. The molecular formula is C21H24ClN3O. The maximum Gasteiger partial charge on any atom is 0.230 e. The first-order valence-electron chi connectivity index (χ1n) is 9.30. The molecule has 0 N–H and O–H groups in total. The Hall–Kier alpha value is -1.91. The van der Waals surface area contributed by atoms with Crippen LogP contribution in [0.15, 0.2) is 48.8 Å². The van der Waals surface area contributed by atoms with Gasteiger partial charge in [-0.05, 0) is 55.1 Å². The number of rotatable bonds is 4. The Bertz CT molecular complexity index is 782. The number of aromatic nitrogens is 1. The molecule has 0 saturated carbocycles. The van der Waals surface area contributed by atoms with Crippen LogP contribution in [-0.2, 0) is 17.9 Å². The van der Waals surface area contributed by atoms with Crippen molar-refractivity contribution in [3.8, 4) is 0 Å². The second kappa shape index (κ2) is 7.37. The molecule has 0 bridgehead atoms. The SMILES string of the molecule is O=C1N(Cc2cccnc2)CCC[C@@]12CCN(Cc1cccc(Cl)c1)C2. The Morgan fingerprint density at radius 2 is 1.96 bits per heavy atom. The molecule has 2 aliphatic heterocycles. The summed E-state index contributed by atoms with van der Waals surface area (Å²) in [5.74, 6) is 0.321. The van der Waals surface area contributed by atoms with Gasteiger partial charge in [-0.3, -0.25) is 14.7 Å². The van der Waals surface area contributed by atoms with Gasteiger partial charge in [0.25, 0.3) is 0 Å². The minimum absolute atomic E-state index is 0.209. The lowest BCUT2D eigenvalue weighted by Gasteiger charge is -2.39. The van der Waals surface area contributed by atoms with Gasteiger partial charge < -0.3 is 4.90 Å². The standard InChI is InChI=1S/C21H24ClN3O/c22-19-6-1-4-17(12-19)14-24-11-8-21(16-24)7-3-10-25(20(21)26)15-18-5-2-9-23-13-18/h1-2,4-6,9,12-13H,3,7-8,10-11,14-16H2/t21-/m0/s1. The van der Waals surface area contributed by atoms with Crippen LogP contribution in [0.1, 0.15) is 30.4 Å². The third-order valence-corrected chi connectivity index (χ3v) is 5.88. The summed E-state index contributed by atoms with van der Waals surface area (Å²) in [6, 6.07) is 12.0. The van der Waals surface area contributed by atoms with E-state index < -0.39 is 0 Å². The van der Waals surface area contributed by atoms with Gasteiger partial charge in [0.1, 0.15) is 0 Å². The number of pyridine rings is 1. The van der Waals surface area contributed by atoms with Gasteiger partial charge in [0.15, 0.2) is 0 Å². The normalized spacial score (nSPS) is 23.7. The summed E-state index contributed by atoms with van der Waals surface area (Å²) >= 11 is 6.11. The average Bonchev–Trinajstić information content (AvgIpc) is 3.04. The van der Waals surface area contributed by atoms with Crippen molar-refractivity contribution in [1.82, 2.24) is 14.8 Å². The lowest BCUT2D eigenvalue weighted by Crippen LogP contribution is -2.49. The van der Waals surface area contributed by atoms with Crippen LogP contribution in [0.5, 0.6) is 0 Å². The lowest BCUT2D eigenvalue weighted by atomic mass is 9.78. The number of carbonyl (C=O) groups is 1. The van der Waals surface area contributed by atoms with Crippen LogP contribution >= 0.6 is 11.6 Å². The van der Waals surface area contributed by atoms with Crippen molar-refractivity contribution < 1.29 is 4.79 Å². The number of halogens is 1. The monoisotopic (exact) mass is 369 g/mol. The molecule has 0 aliphatic carbocycles. The van der Waals surface area contributed by atoms with E-state index in [1.54, 1.807) is 6.20 Å². The summed E-state index contributed by atoms with van der Waals surface area (Å²) in [5.41, 5.74) is 2.11.